The molecule has 9 nitrogen and oxygen atoms in total. The highest BCUT2D eigenvalue weighted by atomic mass is 32.2. The highest BCUT2D eigenvalue weighted by Gasteiger charge is 2.46. The lowest BCUT2D eigenvalue weighted by Gasteiger charge is -2.42. The van der Waals surface area contributed by atoms with Crippen molar-refractivity contribution < 1.29 is 40.9 Å². The first-order chi connectivity index (χ1) is 17.3. The standard InChI is InChI=1S/C26H46O9S2/c1-16-2-4-17(5-3-16)18-6-10-21(11-7-18)35-23-13-9-20(15-25(23)37(32,33)34)26(28)19-8-12-22(27)24(14-19)36(29,30)31/h16-28H,2-15H2,1H3,(H,29,30,31)(H,32,33,34). The average Bonchev–Trinajstić information content (AvgIpc) is 2.84. The molecule has 216 valence electrons. The van der Waals surface area contributed by atoms with Crippen LogP contribution >= 0.6 is 0 Å². The van der Waals surface area contributed by atoms with Crippen LogP contribution in [-0.4, -0.2) is 71.1 Å². The molecule has 0 amide bonds. The molecule has 0 saturated heterocycles. The molecule has 4 aliphatic rings. The number of rotatable bonds is 7. The van der Waals surface area contributed by atoms with Gasteiger partial charge in [-0.05, 0) is 107 Å². The first kappa shape index (κ1) is 29.7. The van der Waals surface area contributed by atoms with Crippen LogP contribution < -0.4 is 0 Å². The van der Waals surface area contributed by atoms with Gasteiger partial charge in [-0.15, -0.1) is 0 Å². The van der Waals surface area contributed by atoms with Crippen molar-refractivity contribution in [1.82, 2.24) is 0 Å². The zero-order valence-electron chi connectivity index (χ0n) is 21.9. The van der Waals surface area contributed by atoms with E-state index in [2.05, 4.69) is 6.92 Å². The van der Waals surface area contributed by atoms with E-state index in [1.807, 2.05) is 0 Å². The van der Waals surface area contributed by atoms with E-state index < -0.39 is 60.9 Å². The summed E-state index contributed by atoms with van der Waals surface area (Å²) in [6, 6.07) is 0. The molecule has 0 heterocycles. The summed E-state index contributed by atoms with van der Waals surface area (Å²) in [7, 11) is -8.87. The molecule has 0 aromatic heterocycles. The van der Waals surface area contributed by atoms with Gasteiger partial charge in [0, 0.05) is 0 Å². The number of ether oxygens (including phenoxy) is 1. The Morgan fingerprint density at radius 3 is 1.70 bits per heavy atom. The van der Waals surface area contributed by atoms with Crippen LogP contribution in [0.1, 0.15) is 96.8 Å². The van der Waals surface area contributed by atoms with E-state index in [0.717, 1.165) is 43.4 Å². The summed E-state index contributed by atoms with van der Waals surface area (Å²) in [4.78, 5) is 0. The van der Waals surface area contributed by atoms with E-state index in [1.165, 1.54) is 25.7 Å². The van der Waals surface area contributed by atoms with Crippen molar-refractivity contribution in [3.05, 3.63) is 0 Å². The van der Waals surface area contributed by atoms with Crippen molar-refractivity contribution >= 4 is 20.2 Å². The molecule has 0 aromatic rings. The van der Waals surface area contributed by atoms with Gasteiger partial charge in [0.2, 0.25) is 0 Å². The monoisotopic (exact) mass is 566 g/mol. The van der Waals surface area contributed by atoms with Crippen molar-refractivity contribution in [3.63, 3.8) is 0 Å². The van der Waals surface area contributed by atoms with Crippen LogP contribution in [0.15, 0.2) is 0 Å². The quantitative estimate of drug-likeness (QED) is 0.338. The molecule has 4 fully saturated rings. The van der Waals surface area contributed by atoms with E-state index in [-0.39, 0.29) is 25.4 Å². The summed E-state index contributed by atoms with van der Waals surface area (Å²) in [5.41, 5.74) is 0. The molecule has 4 N–H and O–H groups in total. The first-order valence-electron chi connectivity index (χ1n) is 14.3. The van der Waals surface area contributed by atoms with Gasteiger partial charge < -0.3 is 14.9 Å². The lowest BCUT2D eigenvalue weighted by Crippen LogP contribution is -2.48. The lowest BCUT2D eigenvalue weighted by molar-refractivity contribution is -0.0736. The largest absolute Gasteiger partial charge is 0.393 e. The van der Waals surface area contributed by atoms with E-state index in [4.69, 9.17) is 4.74 Å². The van der Waals surface area contributed by atoms with Gasteiger partial charge in [-0.25, -0.2) is 0 Å². The zero-order valence-corrected chi connectivity index (χ0v) is 23.5. The fourth-order valence-electron chi connectivity index (χ4n) is 7.77. The van der Waals surface area contributed by atoms with Crippen LogP contribution in [-0.2, 0) is 25.0 Å². The van der Waals surface area contributed by atoms with Crippen LogP contribution in [0.3, 0.4) is 0 Å². The van der Waals surface area contributed by atoms with Crippen molar-refractivity contribution in [2.24, 2.45) is 29.6 Å². The van der Waals surface area contributed by atoms with E-state index in [9.17, 15) is 36.2 Å². The van der Waals surface area contributed by atoms with Gasteiger partial charge in [0.05, 0.1) is 24.4 Å². The Balaban J connectivity index is 1.33. The lowest BCUT2D eigenvalue weighted by atomic mass is 9.71. The highest BCUT2D eigenvalue weighted by Crippen LogP contribution is 2.43. The minimum atomic E-state index is -4.46. The summed E-state index contributed by atoms with van der Waals surface area (Å²) in [6.45, 7) is 2.33. The van der Waals surface area contributed by atoms with Crippen molar-refractivity contribution in [2.45, 2.75) is 132 Å². The summed E-state index contributed by atoms with van der Waals surface area (Å²) < 4.78 is 73.8. The third-order valence-corrected chi connectivity index (χ3v) is 12.6. The Labute approximate surface area is 222 Å². The maximum atomic E-state index is 12.3. The summed E-state index contributed by atoms with van der Waals surface area (Å²) in [6.07, 6.45) is 7.75. The Bertz CT molecular complexity index is 953. The second-order valence-electron chi connectivity index (χ2n) is 12.5. The highest BCUT2D eigenvalue weighted by molar-refractivity contribution is 7.86. The van der Waals surface area contributed by atoms with Crippen molar-refractivity contribution in [1.29, 1.82) is 0 Å². The minimum absolute atomic E-state index is 0.0233. The third-order valence-electron chi connectivity index (χ3n) is 10.1. The smallest absolute Gasteiger partial charge is 0.270 e. The van der Waals surface area contributed by atoms with E-state index in [0.29, 0.717) is 19.3 Å². The van der Waals surface area contributed by atoms with Crippen LogP contribution in [0.25, 0.3) is 0 Å². The summed E-state index contributed by atoms with van der Waals surface area (Å²) in [5, 5.41) is 18.6. The summed E-state index contributed by atoms with van der Waals surface area (Å²) >= 11 is 0. The van der Waals surface area contributed by atoms with Gasteiger partial charge in [-0.3, -0.25) is 9.11 Å². The van der Waals surface area contributed by atoms with E-state index in [1.54, 1.807) is 0 Å². The molecular formula is C26H46O9S2. The predicted octanol–water partition coefficient (Wildman–Crippen LogP) is 3.59. The molecule has 4 aliphatic carbocycles. The Morgan fingerprint density at radius 2 is 1.16 bits per heavy atom. The van der Waals surface area contributed by atoms with Gasteiger partial charge in [-0.2, -0.15) is 16.8 Å². The first-order valence-corrected chi connectivity index (χ1v) is 17.3. The molecule has 0 radical (unpaired) electrons. The molecule has 4 saturated carbocycles. The van der Waals surface area contributed by atoms with Crippen LogP contribution in [0.5, 0.6) is 0 Å². The summed E-state index contributed by atoms with van der Waals surface area (Å²) in [5.74, 6) is 1.41. The third kappa shape index (κ3) is 7.46. The number of aliphatic hydroxyl groups excluding tert-OH is 2. The molecule has 0 aromatic carbocycles. The molecule has 4 rings (SSSR count). The number of hydrogen-bond donors (Lipinski definition) is 4. The van der Waals surface area contributed by atoms with Crippen LogP contribution in [0, 0.1) is 29.6 Å². The number of aliphatic hydroxyl groups is 2. The fourth-order valence-corrected chi connectivity index (χ4v) is 9.87. The van der Waals surface area contributed by atoms with Gasteiger partial charge >= 0.3 is 0 Å². The Morgan fingerprint density at radius 1 is 0.676 bits per heavy atom. The Hall–Kier alpha value is -0.300. The van der Waals surface area contributed by atoms with Gasteiger partial charge in [0.15, 0.2) is 0 Å². The fraction of sp³-hybridized carbons (Fsp3) is 1.00. The average molecular weight is 567 g/mol. The Kier molecular flexibility index (Phi) is 9.67. The maximum Gasteiger partial charge on any atom is 0.270 e. The molecule has 11 heteroatoms. The second kappa shape index (κ2) is 12.1. The molecule has 0 aliphatic heterocycles. The maximum absolute atomic E-state index is 12.3. The topological polar surface area (TPSA) is 158 Å². The molecule has 7 atom stereocenters. The van der Waals surface area contributed by atoms with Crippen molar-refractivity contribution in [3.8, 4) is 0 Å². The molecule has 7 unspecified atom stereocenters. The predicted molar refractivity (Wildman–Crippen MR) is 139 cm³/mol. The van der Waals surface area contributed by atoms with Gasteiger partial charge in [0.1, 0.15) is 10.5 Å². The number of hydrogen-bond acceptors (Lipinski definition) is 7. The van der Waals surface area contributed by atoms with E-state index >= 15 is 0 Å². The molecule has 0 bridgehead atoms. The zero-order chi connectivity index (χ0) is 27.0. The van der Waals surface area contributed by atoms with Gasteiger partial charge in [0.25, 0.3) is 20.2 Å². The molecule has 37 heavy (non-hydrogen) atoms. The van der Waals surface area contributed by atoms with Crippen molar-refractivity contribution in [2.75, 3.05) is 0 Å². The SMILES string of the molecule is CC1CCC(C2CCC(OC3CCC(C(O)C4CCC(O)C(S(=O)(=O)O)C4)CC3S(=O)(=O)O)CC2)CC1. The van der Waals surface area contributed by atoms with Gasteiger partial charge in [-0.1, -0.05) is 19.8 Å². The van der Waals surface area contributed by atoms with Crippen LogP contribution in [0.2, 0.25) is 0 Å². The van der Waals surface area contributed by atoms with Crippen LogP contribution in [0.4, 0.5) is 0 Å². The molecule has 0 spiro atoms. The normalized spacial score (nSPS) is 43.3. The second-order valence-corrected chi connectivity index (χ2v) is 15.8. The molecular weight excluding hydrogens is 520 g/mol. The minimum Gasteiger partial charge on any atom is -0.393 e.